The lowest BCUT2D eigenvalue weighted by Crippen LogP contribution is -2.47. The minimum Gasteiger partial charge on any atom is -0.338 e. The zero-order chi connectivity index (χ0) is 8.48. The lowest BCUT2D eigenvalue weighted by Gasteiger charge is -2.31. The average molecular weight is 173 g/mol. The smallest absolute Gasteiger partial charge is 0.322 e. The summed E-state index contributed by atoms with van der Waals surface area (Å²) in [7, 11) is -0.691. The molecule has 1 aliphatic rings. The summed E-state index contributed by atoms with van der Waals surface area (Å²) in [5, 5.41) is -0.562. The molecule has 0 spiro atoms. The molecule has 1 rings (SSSR count). The van der Waals surface area contributed by atoms with Gasteiger partial charge in [0.05, 0.1) is 5.16 Å². The van der Waals surface area contributed by atoms with Crippen LogP contribution in [0.1, 0.15) is 26.7 Å². The minimum absolute atomic E-state index is 0.0974. The van der Waals surface area contributed by atoms with Crippen molar-refractivity contribution >= 4 is 15.8 Å². The SMILES string of the molecule is CC(C)([Si]F)N1CCCC1=O. The number of hydrogen-bond donors (Lipinski definition) is 0. The largest absolute Gasteiger partial charge is 0.338 e. The minimum atomic E-state index is -0.691. The van der Waals surface area contributed by atoms with Crippen LogP contribution in [0.15, 0.2) is 0 Å². The number of nitrogens with zero attached hydrogens (tertiary/aromatic N) is 1. The molecule has 4 heteroatoms. The van der Waals surface area contributed by atoms with Crippen LogP contribution >= 0.6 is 0 Å². The van der Waals surface area contributed by atoms with Gasteiger partial charge in [-0.3, -0.25) is 4.79 Å². The summed E-state index contributed by atoms with van der Waals surface area (Å²) in [4.78, 5) is 12.8. The van der Waals surface area contributed by atoms with Gasteiger partial charge in [-0.25, -0.2) is 0 Å². The molecule has 62 valence electrons. The fourth-order valence-corrected chi connectivity index (χ4v) is 1.63. The van der Waals surface area contributed by atoms with Crippen LogP contribution in [0.5, 0.6) is 0 Å². The fourth-order valence-electron chi connectivity index (χ4n) is 1.29. The number of rotatable bonds is 2. The second-order valence-corrected chi connectivity index (χ2v) is 4.72. The standard InChI is InChI=1S/C7H12FNOSi/c1-7(2,11-8)9-5-3-4-6(9)10/h3-5H2,1-2H3. The first-order valence-electron chi connectivity index (χ1n) is 3.76. The van der Waals surface area contributed by atoms with Gasteiger partial charge in [-0.1, -0.05) is 0 Å². The van der Waals surface area contributed by atoms with Gasteiger partial charge in [0.1, 0.15) is 0 Å². The average Bonchev–Trinajstić information content (AvgIpc) is 2.36. The van der Waals surface area contributed by atoms with Crippen molar-refractivity contribution in [1.29, 1.82) is 0 Å². The Morgan fingerprint density at radius 2 is 2.27 bits per heavy atom. The van der Waals surface area contributed by atoms with E-state index in [1.54, 1.807) is 18.7 Å². The predicted octanol–water partition coefficient (Wildman–Crippen LogP) is 0.934. The molecule has 0 aliphatic carbocycles. The summed E-state index contributed by atoms with van der Waals surface area (Å²) < 4.78 is 12.4. The lowest BCUT2D eigenvalue weighted by molar-refractivity contribution is -0.130. The van der Waals surface area contributed by atoms with Crippen LogP contribution in [0.4, 0.5) is 4.11 Å². The van der Waals surface area contributed by atoms with E-state index in [4.69, 9.17) is 0 Å². The van der Waals surface area contributed by atoms with Crippen molar-refractivity contribution in [2.24, 2.45) is 0 Å². The van der Waals surface area contributed by atoms with E-state index in [2.05, 4.69) is 0 Å². The van der Waals surface area contributed by atoms with Crippen LogP contribution in [0.25, 0.3) is 0 Å². The van der Waals surface area contributed by atoms with Gasteiger partial charge in [-0.2, -0.15) is 0 Å². The van der Waals surface area contributed by atoms with Gasteiger partial charge in [-0.15, -0.1) is 0 Å². The maximum atomic E-state index is 12.4. The number of carbonyl (C=O) groups is 1. The quantitative estimate of drug-likeness (QED) is 0.449. The van der Waals surface area contributed by atoms with E-state index < -0.39 is 15.0 Å². The van der Waals surface area contributed by atoms with Crippen molar-refractivity contribution < 1.29 is 8.90 Å². The van der Waals surface area contributed by atoms with Crippen molar-refractivity contribution in [3.05, 3.63) is 0 Å². The normalized spacial score (nSPS) is 19.5. The van der Waals surface area contributed by atoms with Crippen molar-refractivity contribution in [3.63, 3.8) is 0 Å². The van der Waals surface area contributed by atoms with Crippen molar-refractivity contribution in [1.82, 2.24) is 4.90 Å². The van der Waals surface area contributed by atoms with E-state index in [0.717, 1.165) is 13.0 Å². The summed E-state index contributed by atoms with van der Waals surface area (Å²) in [6.07, 6.45) is 1.47. The number of hydrogen-bond acceptors (Lipinski definition) is 1. The molecule has 0 atom stereocenters. The van der Waals surface area contributed by atoms with Crippen LogP contribution in [0, 0.1) is 0 Å². The molecule has 1 amide bonds. The third-order valence-electron chi connectivity index (χ3n) is 1.98. The van der Waals surface area contributed by atoms with E-state index in [9.17, 15) is 8.90 Å². The number of likely N-dealkylation sites (tertiary alicyclic amines) is 1. The van der Waals surface area contributed by atoms with Crippen LogP contribution in [-0.4, -0.2) is 32.4 Å². The van der Waals surface area contributed by atoms with E-state index in [1.807, 2.05) is 0 Å². The fraction of sp³-hybridized carbons (Fsp3) is 0.857. The molecule has 2 radical (unpaired) electrons. The van der Waals surface area contributed by atoms with E-state index in [1.165, 1.54) is 0 Å². The summed E-state index contributed by atoms with van der Waals surface area (Å²) >= 11 is 0. The lowest BCUT2D eigenvalue weighted by atomic mass is 10.3. The summed E-state index contributed by atoms with van der Waals surface area (Å²) in [5.74, 6) is 0.0974. The Labute approximate surface area is 68.8 Å². The van der Waals surface area contributed by atoms with Crippen LogP contribution in [0.3, 0.4) is 0 Å². The first kappa shape index (κ1) is 8.71. The highest BCUT2D eigenvalue weighted by molar-refractivity contribution is 6.31. The molecule has 0 N–H and O–H groups in total. The Bertz CT molecular complexity index is 172. The van der Waals surface area contributed by atoms with Crippen molar-refractivity contribution in [3.8, 4) is 0 Å². The van der Waals surface area contributed by atoms with Gasteiger partial charge in [-0.05, 0) is 20.3 Å². The number of halogens is 1. The van der Waals surface area contributed by atoms with Crippen LogP contribution < -0.4 is 0 Å². The summed E-state index contributed by atoms with van der Waals surface area (Å²) in [6.45, 7) is 4.27. The van der Waals surface area contributed by atoms with Crippen molar-refractivity contribution in [2.45, 2.75) is 31.9 Å². The maximum Gasteiger partial charge on any atom is 0.322 e. The number of carbonyl (C=O) groups excluding carboxylic acids is 1. The molecule has 0 aromatic carbocycles. The first-order valence-corrected chi connectivity index (χ1v) is 4.64. The monoisotopic (exact) mass is 173 g/mol. The molecule has 0 bridgehead atoms. The second kappa shape index (κ2) is 2.93. The molecule has 0 aromatic rings. The van der Waals surface area contributed by atoms with Gasteiger partial charge >= 0.3 is 9.85 Å². The van der Waals surface area contributed by atoms with Crippen LogP contribution in [-0.2, 0) is 4.79 Å². The highest BCUT2D eigenvalue weighted by Crippen LogP contribution is 2.20. The van der Waals surface area contributed by atoms with Crippen molar-refractivity contribution in [2.75, 3.05) is 6.54 Å². The molecule has 1 heterocycles. The zero-order valence-corrected chi connectivity index (χ0v) is 7.85. The molecule has 1 saturated heterocycles. The topological polar surface area (TPSA) is 20.3 Å². The highest BCUT2D eigenvalue weighted by Gasteiger charge is 2.35. The molecule has 2 nitrogen and oxygen atoms in total. The van der Waals surface area contributed by atoms with E-state index in [-0.39, 0.29) is 5.91 Å². The Kier molecular flexibility index (Phi) is 2.32. The maximum absolute atomic E-state index is 12.4. The molecular formula is C7H12FNOSi. The van der Waals surface area contributed by atoms with Gasteiger partial charge in [0.2, 0.25) is 5.91 Å². The molecule has 0 unspecified atom stereocenters. The number of amides is 1. The Hall–Kier alpha value is -0.383. The molecule has 1 aliphatic heterocycles. The molecule has 1 fully saturated rings. The zero-order valence-electron chi connectivity index (χ0n) is 6.85. The summed E-state index contributed by atoms with van der Waals surface area (Å²) in [6, 6.07) is 0. The Morgan fingerprint density at radius 3 is 2.64 bits per heavy atom. The third-order valence-corrected chi connectivity index (χ3v) is 2.71. The highest BCUT2D eigenvalue weighted by atomic mass is 28.3. The molecule has 11 heavy (non-hydrogen) atoms. The Balaban J connectivity index is 2.65. The van der Waals surface area contributed by atoms with E-state index in [0.29, 0.717) is 6.42 Å². The Morgan fingerprint density at radius 1 is 1.64 bits per heavy atom. The van der Waals surface area contributed by atoms with Gasteiger partial charge in [0, 0.05) is 13.0 Å². The second-order valence-electron chi connectivity index (χ2n) is 3.30. The third kappa shape index (κ3) is 1.61. The predicted molar refractivity (Wildman–Crippen MR) is 41.9 cm³/mol. The molecular weight excluding hydrogens is 161 g/mol. The molecule has 0 aromatic heterocycles. The molecule has 0 saturated carbocycles. The van der Waals surface area contributed by atoms with Gasteiger partial charge in [0.15, 0.2) is 0 Å². The van der Waals surface area contributed by atoms with Crippen LogP contribution in [0.2, 0.25) is 0 Å². The first-order chi connectivity index (χ1) is 5.08. The van der Waals surface area contributed by atoms with Gasteiger partial charge in [0.25, 0.3) is 0 Å². The van der Waals surface area contributed by atoms with E-state index >= 15 is 0 Å². The van der Waals surface area contributed by atoms with Gasteiger partial charge < -0.3 is 9.01 Å². The summed E-state index contributed by atoms with van der Waals surface area (Å²) in [5.41, 5.74) is 0.